The second-order valence-electron chi connectivity index (χ2n) is 2.12. The highest BCUT2D eigenvalue weighted by molar-refractivity contribution is 7.54. The van der Waals surface area contributed by atoms with E-state index in [-0.39, 0.29) is 24.8 Å². The lowest BCUT2D eigenvalue weighted by Crippen LogP contribution is -2.47. The first-order valence-electron chi connectivity index (χ1n) is 3.09. The van der Waals surface area contributed by atoms with Gasteiger partial charge in [-0.05, 0) is 0 Å². The number of rotatable bonds is 5. The number of halogens is 2. The molecule has 10 heteroatoms. The molecule has 2 N–H and O–H groups in total. The average molecular weight is 289 g/mol. The molecule has 6 nitrogen and oxygen atoms in total. The van der Waals surface area contributed by atoms with E-state index in [4.69, 9.17) is 23.1 Å². The Morgan fingerprint density at radius 1 is 1.07 bits per heavy atom. The fraction of sp³-hybridized carbons (Fsp3) is 1.00. The highest BCUT2D eigenvalue weighted by Crippen LogP contribution is 2.37. The Morgan fingerprint density at radius 3 is 1.43 bits per heavy atom. The molecule has 0 saturated heterocycles. The summed E-state index contributed by atoms with van der Waals surface area (Å²) in [6.45, 7) is 0. The van der Waals surface area contributed by atoms with E-state index < -0.39 is 22.2 Å². The largest absolute Gasteiger partial charge is 0.512 e. The molecule has 0 heterocycles. The lowest BCUT2D eigenvalue weighted by atomic mass is 11.8. The van der Waals surface area contributed by atoms with Gasteiger partial charge < -0.3 is 23.1 Å². The lowest BCUT2D eigenvalue weighted by Gasteiger charge is -2.24. The van der Waals surface area contributed by atoms with Crippen molar-refractivity contribution in [1.29, 1.82) is 0 Å². The first-order valence-corrected chi connectivity index (χ1v) is 6.82. The third kappa shape index (κ3) is 7.16. The topological polar surface area (TPSA) is 85.2 Å². The van der Waals surface area contributed by atoms with Crippen molar-refractivity contribution >= 4 is 41.2 Å². The molecule has 0 amide bonds. The van der Waals surface area contributed by atoms with Gasteiger partial charge in [0, 0.05) is 21.3 Å². The molecule has 0 atom stereocenters. The van der Waals surface area contributed by atoms with Crippen LogP contribution in [0.25, 0.3) is 0 Å². The molecule has 0 aromatic heterocycles. The minimum atomic E-state index is -4.15. The molecule has 0 saturated carbocycles. The summed E-state index contributed by atoms with van der Waals surface area (Å²) in [5, 5.41) is 0. The van der Waals surface area contributed by atoms with Crippen LogP contribution in [0.4, 0.5) is 0 Å². The smallest absolute Gasteiger partial charge is 0.376 e. The van der Waals surface area contributed by atoms with Gasteiger partial charge >= 0.3 is 16.4 Å². The fourth-order valence-corrected chi connectivity index (χ4v) is 4.76. The van der Waals surface area contributed by atoms with Crippen molar-refractivity contribution < 1.29 is 27.6 Å². The van der Waals surface area contributed by atoms with E-state index in [1.165, 1.54) is 21.3 Å². The Morgan fingerprint density at radius 2 is 1.36 bits per heavy atom. The van der Waals surface area contributed by atoms with Gasteiger partial charge in [-0.3, -0.25) is 4.57 Å². The molecule has 0 radical (unpaired) electrons. The average Bonchev–Trinajstić information content (AvgIpc) is 1.99. The fourth-order valence-electron chi connectivity index (χ4n) is 0.696. The Balaban J connectivity index is -0.000000605. The van der Waals surface area contributed by atoms with Gasteiger partial charge in [0.25, 0.3) is 0 Å². The van der Waals surface area contributed by atoms with Gasteiger partial charge in [-0.15, -0.1) is 24.8 Å². The van der Waals surface area contributed by atoms with Gasteiger partial charge in [-0.2, -0.15) is 0 Å². The van der Waals surface area contributed by atoms with Crippen LogP contribution >= 0.6 is 32.4 Å². The molecule has 0 fully saturated rings. The summed E-state index contributed by atoms with van der Waals surface area (Å²) < 4.78 is 25.1. The van der Waals surface area contributed by atoms with Crippen molar-refractivity contribution in [3.63, 3.8) is 0 Å². The molecule has 0 rings (SSSR count). The SMILES string of the molecule is CO[Si](CP(=O)(O)O)(OC)OC.Cl.Cl. The predicted molar refractivity (Wildman–Crippen MR) is 58.2 cm³/mol. The van der Waals surface area contributed by atoms with E-state index in [0.717, 1.165) is 0 Å². The van der Waals surface area contributed by atoms with Gasteiger partial charge in [0.15, 0.2) is 0 Å². The monoisotopic (exact) mass is 288 g/mol. The van der Waals surface area contributed by atoms with Crippen LogP contribution in [-0.2, 0) is 17.8 Å². The molecule has 0 aromatic carbocycles. The van der Waals surface area contributed by atoms with Crippen molar-refractivity contribution in [2.24, 2.45) is 0 Å². The number of hydrogen-bond donors (Lipinski definition) is 2. The summed E-state index contributed by atoms with van der Waals surface area (Å²) in [5.74, 6) is -0.497. The van der Waals surface area contributed by atoms with Crippen LogP contribution in [0.2, 0.25) is 0 Å². The van der Waals surface area contributed by atoms with E-state index in [1.807, 2.05) is 0 Å². The van der Waals surface area contributed by atoms with Crippen molar-refractivity contribution in [2.75, 3.05) is 27.1 Å². The molecule has 0 spiro atoms. The van der Waals surface area contributed by atoms with Crippen molar-refractivity contribution in [3.8, 4) is 0 Å². The standard InChI is InChI=1S/C4H13O6PSi.2ClH/c1-8-12(9-2,10-3)4-11(5,6)7;;/h4H2,1-3H3,(H2,5,6,7);2*1H. The molecule has 0 bridgehead atoms. The van der Waals surface area contributed by atoms with Crippen LogP contribution in [0.15, 0.2) is 0 Å². The first-order chi connectivity index (χ1) is 5.39. The van der Waals surface area contributed by atoms with E-state index in [2.05, 4.69) is 0 Å². The zero-order chi connectivity index (χ0) is 9.83. The summed E-state index contributed by atoms with van der Waals surface area (Å²) in [6.07, 6.45) is 0. The second kappa shape index (κ2) is 8.03. The van der Waals surface area contributed by atoms with Gasteiger partial charge in [-0.25, -0.2) is 0 Å². The van der Waals surface area contributed by atoms with Crippen LogP contribution < -0.4 is 0 Å². The Bertz CT molecular complexity index is 174. The third-order valence-electron chi connectivity index (χ3n) is 1.33. The second-order valence-corrected chi connectivity index (χ2v) is 7.30. The summed E-state index contributed by atoms with van der Waals surface area (Å²) >= 11 is 0. The van der Waals surface area contributed by atoms with Crippen molar-refractivity contribution in [1.82, 2.24) is 0 Å². The van der Waals surface area contributed by atoms with Gasteiger partial charge in [0.05, 0.1) is 0 Å². The van der Waals surface area contributed by atoms with Crippen LogP contribution in [-0.4, -0.2) is 45.7 Å². The van der Waals surface area contributed by atoms with Gasteiger partial charge in [0.2, 0.25) is 0 Å². The van der Waals surface area contributed by atoms with Crippen LogP contribution in [0, 0.1) is 0 Å². The summed E-state index contributed by atoms with van der Waals surface area (Å²) in [6, 6.07) is 0. The van der Waals surface area contributed by atoms with Crippen molar-refractivity contribution in [3.05, 3.63) is 0 Å². The molecule has 0 aromatic rings. The minimum Gasteiger partial charge on any atom is -0.376 e. The summed E-state index contributed by atoms with van der Waals surface area (Å²) in [7, 11) is -3.36. The lowest BCUT2D eigenvalue weighted by molar-refractivity contribution is 0.128. The third-order valence-corrected chi connectivity index (χ3v) is 6.40. The Hall–Kier alpha value is 0.827. The summed E-state index contributed by atoms with van der Waals surface area (Å²) in [4.78, 5) is 17.3. The van der Waals surface area contributed by atoms with Gasteiger partial charge in [0.1, 0.15) is 5.79 Å². The maximum absolute atomic E-state index is 10.6. The highest BCUT2D eigenvalue weighted by atomic mass is 35.5. The zero-order valence-corrected chi connectivity index (χ0v) is 11.5. The maximum atomic E-state index is 10.6. The molecule has 14 heavy (non-hydrogen) atoms. The van der Waals surface area contributed by atoms with E-state index in [0.29, 0.717) is 0 Å². The molecule has 90 valence electrons. The van der Waals surface area contributed by atoms with Crippen LogP contribution in [0.5, 0.6) is 0 Å². The first kappa shape index (κ1) is 20.3. The van der Waals surface area contributed by atoms with E-state index in [1.54, 1.807) is 0 Å². The van der Waals surface area contributed by atoms with Gasteiger partial charge in [-0.1, -0.05) is 0 Å². The number of hydrogen-bond acceptors (Lipinski definition) is 4. The molecule has 0 aliphatic carbocycles. The molecule has 0 aliphatic rings. The predicted octanol–water partition coefficient (Wildman–Crippen LogP) is 0.425. The molecule has 0 aliphatic heterocycles. The van der Waals surface area contributed by atoms with Crippen LogP contribution in [0.3, 0.4) is 0 Å². The molecule has 0 unspecified atom stereocenters. The van der Waals surface area contributed by atoms with Crippen LogP contribution in [0.1, 0.15) is 0 Å². The Labute approximate surface area is 96.3 Å². The molecular weight excluding hydrogens is 274 g/mol. The maximum Gasteiger partial charge on any atom is 0.512 e. The minimum absolute atomic E-state index is 0. The quantitative estimate of drug-likeness (QED) is 0.564. The Kier molecular flexibility index (Phi) is 11.6. The molecular formula is C4H15Cl2O6PSi. The zero-order valence-electron chi connectivity index (χ0n) is 8.00. The normalized spacial score (nSPS) is 11.5. The van der Waals surface area contributed by atoms with E-state index >= 15 is 0 Å². The summed E-state index contributed by atoms with van der Waals surface area (Å²) in [5.41, 5.74) is 0. The van der Waals surface area contributed by atoms with E-state index in [9.17, 15) is 4.57 Å². The van der Waals surface area contributed by atoms with Crippen molar-refractivity contribution in [2.45, 2.75) is 0 Å². The highest BCUT2D eigenvalue weighted by Gasteiger charge is 2.44.